The van der Waals surface area contributed by atoms with Crippen LogP contribution in [0.3, 0.4) is 0 Å². The highest BCUT2D eigenvalue weighted by atomic mass is 35.5. The van der Waals surface area contributed by atoms with Crippen molar-refractivity contribution in [2.45, 2.75) is 38.4 Å². The van der Waals surface area contributed by atoms with E-state index in [1.54, 1.807) is 10.9 Å². The maximum absolute atomic E-state index is 5.79. The number of fused-ring (bicyclic) bond motifs is 1. The average molecular weight is 461 g/mol. The smallest absolute Gasteiger partial charge is 0.153 e. The van der Waals surface area contributed by atoms with E-state index in [0.717, 1.165) is 41.0 Å². The molecule has 4 aromatic rings. The second-order valence-electron chi connectivity index (χ2n) is 7.55. The van der Waals surface area contributed by atoms with Crippen LogP contribution < -0.4 is 10.6 Å². The molecule has 1 aliphatic rings. The molecular formula is C22H26Cl2N6O. The first-order chi connectivity index (χ1) is 14.3. The molecule has 5 rings (SSSR count). The Kier molecular flexibility index (Phi) is 7.67. The number of furan rings is 1. The zero-order valence-corrected chi connectivity index (χ0v) is 18.8. The van der Waals surface area contributed by atoms with Crippen molar-refractivity contribution in [3.05, 3.63) is 71.7 Å². The van der Waals surface area contributed by atoms with Crippen LogP contribution in [0.1, 0.15) is 35.8 Å². The van der Waals surface area contributed by atoms with E-state index in [-0.39, 0.29) is 24.8 Å². The minimum absolute atomic E-state index is 0. The molecule has 31 heavy (non-hydrogen) atoms. The van der Waals surface area contributed by atoms with Gasteiger partial charge in [-0.25, -0.2) is 0 Å². The number of piperidine rings is 1. The molecule has 1 saturated heterocycles. The van der Waals surface area contributed by atoms with Gasteiger partial charge in [-0.3, -0.25) is 0 Å². The van der Waals surface area contributed by atoms with Gasteiger partial charge in [-0.2, -0.15) is 4.68 Å². The number of tetrazole rings is 1. The predicted octanol–water partition coefficient (Wildman–Crippen LogP) is 4.14. The van der Waals surface area contributed by atoms with E-state index in [0.29, 0.717) is 18.6 Å². The predicted molar refractivity (Wildman–Crippen MR) is 125 cm³/mol. The van der Waals surface area contributed by atoms with Crippen LogP contribution in [0.4, 0.5) is 0 Å². The monoisotopic (exact) mass is 460 g/mol. The highest BCUT2D eigenvalue weighted by Crippen LogP contribution is 2.27. The number of benzene rings is 2. The first-order valence-electron chi connectivity index (χ1n) is 10.1. The lowest BCUT2D eigenvalue weighted by molar-refractivity contribution is 0.304. The minimum Gasteiger partial charge on any atom is -0.464 e. The fraction of sp³-hybridized carbons (Fsp3) is 0.318. The Morgan fingerprint density at radius 2 is 2.00 bits per heavy atom. The second kappa shape index (κ2) is 10.2. The summed E-state index contributed by atoms with van der Waals surface area (Å²) in [5.74, 6) is 0.757. The summed E-state index contributed by atoms with van der Waals surface area (Å²) < 4.78 is 7.54. The number of aromatic nitrogens is 4. The Labute approximate surface area is 193 Å². The third-order valence-electron chi connectivity index (χ3n) is 5.65. The maximum Gasteiger partial charge on any atom is 0.153 e. The van der Waals surface area contributed by atoms with Crippen molar-refractivity contribution >= 4 is 35.8 Å². The summed E-state index contributed by atoms with van der Waals surface area (Å²) in [6, 6.07) is 17.5. The first kappa shape index (κ1) is 23.2. The van der Waals surface area contributed by atoms with Crippen molar-refractivity contribution in [1.82, 2.24) is 30.8 Å². The number of aryl methyl sites for hydroxylation is 1. The highest BCUT2D eigenvalue weighted by Gasteiger charge is 2.26. The summed E-state index contributed by atoms with van der Waals surface area (Å²) >= 11 is 0. The molecule has 1 aliphatic heterocycles. The van der Waals surface area contributed by atoms with Crippen LogP contribution in [0.25, 0.3) is 16.7 Å². The van der Waals surface area contributed by atoms with Crippen molar-refractivity contribution < 1.29 is 4.42 Å². The quantitative estimate of drug-likeness (QED) is 0.465. The van der Waals surface area contributed by atoms with E-state index in [2.05, 4.69) is 68.6 Å². The van der Waals surface area contributed by atoms with Crippen LogP contribution in [-0.4, -0.2) is 32.8 Å². The van der Waals surface area contributed by atoms with Gasteiger partial charge in [0.05, 0.1) is 12.0 Å². The Morgan fingerprint density at radius 3 is 2.77 bits per heavy atom. The molecule has 9 heteroatoms. The summed E-state index contributed by atoms with van der Waals surface area (Å²) in [4.78, 5) is 0. The van der Waals surface area contributed by atoms with Gasteiger partial charge in [0.25, 0.3) is 0 Å². The summed E-state index contributed by atoms with van der Waals surface area (Å²) in [5.41, 5.74) is 4.28. The maximum atomic E-state index is 5.79. The van der Waals surface area contributed by atoms with E-state index < -0.39 is 0 Å². The third kappa shape index (κ3) is 4.75. The molecule has 0 radical (unpaired) electrons. The molecule has 2 aromatic heterocycles. The minimum atomic E-state index is 0. The van der Waals surface area contributed by atoms with Crippen LogP contribution in [-0.2, 0) is 6.54 Å². The number of hydrogen-bond donors (Lipinski definition) is 2. The second-order valence-corrected chi connectivity index (χ2v) is 7.55. The molecule has 2 atom stereocenters. The lowest BCUT2D eigenvalue weighted by Gasteiger charge is -2.34. The normalized spacial score (nSPS) is 18.4. The summed E-state index contributed by atoms with van der Waals surface area (Å²) in [6.45, 7) is 3.67. The SMILES string of the molecule is Cc1nnnn1-c1cc(CN[C@H]2CCCN[C@H]2c2ccccc2)c2occc2c1.Cl.Cl. The van der Waals surface area contributed by atoms with Gasteiger partial charge in [0.15, 0.2) is 5.82 Å². The zero-order chi connectivity index (χ0) is 19.6. The molecule has 0 aliphatic carbocycles. The standard InChI is InChI=1S/C22H24N6O.2ClH/c1-15-25-26-27-28(15)19-12-17-9-11-29-22(17)18(13-19)14-24-20-8-5-10-23-21(20)16-6-3-2-4-7-16;;/h2-4,6-7,9,11-13,20-21,23-24H,5,8,10,14H2,1H3;2*1H/t20-,21-;;/m0../s1. The molecule has 7 nitrogen and oxygen atoms in total. The van der Waals surface area contributed by atoms with Crippen molar-refractivity contribution in [1.29, 1.82) is 0 Å². The van der Waals surface area contributed by atoms with Crippen LogP contribution in [0, 0.1) is 6.92 Å². The largest absolute Gasteiger partial charge is 0.464 e. The Morgan fingerprint density at radius 1 is 1.16 bits per heavy atom. The van der Waals surface area contributed by atoms with Gasteiger partial charge in [-0.05, 0) is 60.5 Å². The van der Waals surface area contributed by atoms with E-state index in [9.17, 15) is 0 Å². The summed E-state index contributed by atoms with van der Waals surface area (Å²) in [6.07, 6.45) is 4.04. The molecule has 0 saturated carbocycles. The molecule has 3 heterocycles. The number of rotatable bonds is 5. The van der Waals surface area contributed by atoms with E-state index >= 15 is 0 Å². The van der Waals surface area contributed by atoms with Gasteiger partial charge in [-0.15, -0.1) is 29.9 Å². The summed E-state index contributed by atoms with van der Waals surface area (Å²) in [7, 11) is 0. The molecule has 0 amide bonds. The third-order valence-corrected chi connectivity index (χ3v) is 5.65. The molecule has 0 bridgehead atoms. The Hall–Kier alpha value is -2.45. The van der Waals surface area contributed by atoms with Gasteiger partial charge in [-0.1, -0.05) is 30.3 Å². The van der Waals surface area contributed by atoms with E-state index in [1.807, 2.05) is 13.0 Å². The molecule has 2 N–H and O–H groups in total. The number of nitrogens with one attached hydrogen (secondary N) is 2. The summed E-state index contributed by atoms with van der Waals surface area (Å²) in [5, 5.41) is 20.4. The van der Waals surface area contributed by atoms with Crippen molar-refractivity contribution in [2.24, 2.45) is 0 Å². The fourth-order valence-corrected chi connectivity index (χ4v) is 4.22. The molecule has 2 aromatic carbocycles. The zero-order valence-electron chi connectivity index (χ0n) is 17.2. The van der Waals surface area contributed by atoms with E-state index in [1.165, 1.54) is 12.0 Å². The van der Waals surface area contributed by atoms with Gasteiger partial charge in [0.2, 0.25) is 0 Å². The lowest BCUT2D eigenvalue weighted by atomic mass is 9.92. The Balaban J connectivity index is 0.00000136. The van der Waals surface area contributed by atoms with Gasteiger partial charge < -0.3 is 15.1 Å². The van der Waals surface area contributed by atoms with Crippen LogP contribution >= 0.6 is 24.8 Å². The lowest BCUT2D eigenvalue weighted by Crippen LogP contribution is -2.45. The van der Waals surface area contributed by atoms with Crippen molar-refractivity contribution in [3.8, 4) is 5.69 Å². The van der Waals surface area contributed by atoms with Crippen LogP contribution in [0.5, 0.6) is 0 Å². The number of nitrogens with zero attached hydrogens (tertiary/aromatic N) is 4. The van der Waals surface area contributed by atoms with Crippen molar-refractivity contribution in [2.75, 3.05) is 6.54 Å². The molecular weight excluding hydrogens is 435 g/mol. The molecule has 0 spiro atoms. The van der Waals surface area contributed by atoms with Gasteiger partial charge in [0, 0.05) is 29.6 Å². The fourth-order valence-electron chi connectivity index (χ4n) is 4.22. The van der Waals surface area contributed by atoms with Gasteiger partial charge >= 0.3 is 0 Å². The van der Waals surface area contributed by atoms with Crippen molar-refractivity contribution in [3.63, 3.8) is 0 Å². The number of hydrogen-bond acceptors (Lipinski definition) is 6. The van der Waals surface area contributed by atoms with Gasteiger partial charge in [0.1, 0.15) is 5.58 Å². The Bertz CT molecular complexity index is 1110. The van der Waals surface area contributed by atoms with E-state index in [4.69, 9.17) is 4.42 Å². The average Bonchev–Trinajstić information content (AvgIpc) is 3.41. The molecule has 1 fully saturated rings. The highest BCUT2D eigenvalue weighted by molar-refractivity contribution is 5.85. The molecule has 0 unspecified atom stereocenters. The van der Waals surface area contributed by atoms with Crippen LogP contribution in [0.2, 0.25) is 0 Å². The van der Waals surface area contributed by atoms with Crippen LogP contribution in [0.15, 0.2) is 59.2 Å². The number of halogens is 2. The molecule has 164 valence electrons. The first-order valence-corrected chi connectivity index (χ1v) is 10.1. The topological polar surface area (TPSA) is 80.8 Å².